The summed E-state index contributed by atoms with van der Waals surface area (Å²) in [5, 5.41) is 0.357. The topological polar surface area (TPSA) is 59.9 Å². The van der Waals surface area contributed by atoms with E-state index >= 15 is 0 Å². The van der Waals surface area contributed by atoms with Gasteiger partial charge in [0.25, 0.3) is 0 Å². The standard InChI is InChI=1S/C10H11ClN2O2S2/c1-10(2,17(3,14)15)7-4-6-8(16-7)9(11)13-5-12-6/h4-5H,1-3H3. The number of rotatable bonds is 2. The highest BCUT2D eigenvalue weighted by atomic mass is 35.5. The average Bonchev–Trinajstić information content (AvgIpc) is 2.61. The molecule has 2 aromatic heterocycles. The summed E-state index contributed by atoms with van der Waals surface area (Å²) in [6.45, 7) is 3.35. The van der Waals surface area contributed by atoms with Gasteiger partial charge in [-0.1, -0.05) is 11.6 Å². The minimum Gasteiger partial charge on any atom is -0.235 e. The van der Waals surface area contributed by atoms with Gasteiger partial charge in [0.1, 0.15) is 16.2 Å². The van der Waals surface area contributed by atoms with Crippen molar-refractivity contribution >= 4 is 43.0 Å². The van der Waals surface area contributed by atoms with Gasteiger partial charge >= 0.3 is 0 Å². The lowest BCUT2D eigenvalue weighted by Gasteiger charge is -2.20. The van der Waals surface area contributed by atoms with Gasteiger partial charge in [-0.15, -0.1) is 11.3 Å². The van der Waals surface area contributed by atoms with Gasteiger partial charge in [0.2, 0.25) is 0 Å². The van der Waals surface area contributed by atoms with Crippen LogP contribution in [0.3, 0.4) is 0 Å². The van der Waals surface area contributed by atoms with E-state index in [4.69, 9.17) is 11.6 Å². The fourth-order valence-electron chi connectivity index (χ4n) is 1.30. The summed E-state index contributed by atoms with van der Waals surface area (Å²) in [5.74, 6) is 0. The molecule has 2 rings (SSSR count). The highest BCUT2D eigenvalue weighted by Crippen LogP contribution is 2.38. The van der Waals surface area contributed by atoms with Crippen LogP contribution >= 0.6 is 22.9 Å². The molecule has 0 saturated carbocycles. The summed E-state index contributed by atoms with van der Waals surface area (Å²) in [4.78, 5) is 8.68. The van der Waals surface area contributed by atoms with Gasteiger partial charge in [-0.3, -0.25) is 0 Å². The summed E-state index contributed by atoms with van der Waals surface area (Å²) in [6, 6.07) is 1.76. The zero-order valence-corrected chi connectivity index (χ0v) is 11.9. The van der Waals surface area contributed by atoms with Gasteiger partial charge in [0.05, 0.1) is 10.2 Å². The summed E-state index contributed by atoms with van der Waals surface area (Å²) in [6.07, 6.45) is 2.60. The van der Waals surface area contributed by atoms with Gasteiger partial charge in [0, 0.05) is 11.1 Å². The van der Waals surface area contributed by atoms with Gasteiger partial charge in [-0.25, -0.2) is 18.4 Å². The first-order valence-corrected chi connectivity index (χ1v) is 7.92. The lowest BCUT2D eigenvalue weighted by molar-refractivity contribution is 0.564. The van der Waals surface area contributed by atoms with Crippen molar-refractivity contribution in [1.82, 2.24) is 9.97 Å². The second-order valence-electron chi connectivity index (χ2n) is 4.27. The van der Waals surface area contributed by atoms with E-state index in [2.05, 4.69) is 9.97 Å². The second-order valence-corrected chi connectivity index (χ2v) is 8.25. The minimum absolute atomic E-state index is 0.357. The quantitative estimate of drug-likeness (QED) is 0.798. The molecule has 0 spiro atoms. The highest BCUT2D eigenvalue weighted by Gasteiger charge is 2.34. The van der Waals surface area contributed by atoms with Crippen LogP contribution in [-0.4, -0.2) is 24.6 Å². The SMILES string of the molecule is CC(C)(c1cc2ncnc(Cl)c2s1)S(C)(=O)=O. The molecule has 0 radical (unpaired) electrons. The van der Waals surface area contributed by atoms with Crippen molar-refractivity contribution < 1.29 is 8.42 Å². The summed E-state index contributed by atoms with van der Waals surface area (Å²) >= 11 is 7.27. The average molecular weight is 291 g/mol. The molecule has 0 unspecified atom stereocenters. The lowest BCUT2D eigenvalue weighted by Crippen LogP contribution is -2.26. The Morgan fingerprint density at radius 3 is 2.53 bits per heavy atom. The Bertz CT molecular complexity index is 677. The second kappa shape index (κ2) is 3.90. The van der Waals surface area contributed by atoms with Crippen LogP contribution in [0.1, 0.15) is 18.7 Å². The van der Waals surface area contributed by atoms with E-state index in [0.717, 1.165) is 9.58 Å². The van der Waals surface area contributed by atoms with Crippen molar-refractivity contribution in [3.63, 3.8) is 0 Å². The van der Waals surface area contributed by atoms with Crippen LogP contribution < -0.4 is 0 Å². The minimum atomic E-state index is -3.20. The fraction of sp³-hybridized carbons (Fsp3) is 0.400. The number of hydrogen-bond acceptors (Lipinski definition) is 5. The number of aromatic nitrogens is 2. The first-order chi connectivity index (χ1) is 7.73. The number of fused-ring (bicyclic) bond motifs is 1. The van der Waals surface area contributed by atoms with E-state index in [0.29, 0.717) is 10.7 Å². The molecular formula is C10H11ClN2O2S2. The van der Waals surface area contributed by atoms with E-state index < -0.39 is 14.6 Å². The molecule has 0 aliphatic heterocycles. The molecule has 0 aliphatic rings. The molecule has 17 heavy (non-hydrogen) atoms. The predicted octanol–water partition coefficient (Wildman–Crippen LogP) is 2.62. The maximum absolute atomic E-state index is 11.8. The maximum atomic E-state index is 11.8. The van der Waals surface area contributed by atoms with Gasteiger partial charge < -0.3 is 0 Å². The normalized spacial score (nSPS) is 13.2. The molecule has 0 aliphatic carbocycles. The van der Waals surface area contributed by atoms with E-state index in [9.17, 15) is 8.42 Å². The number of nitrogens with zero attached hydrogens (tertiary/aromatic N) is 2. The van der Waals surface area contributed by atoms with E-state index in [1.165, 1.54) is 23.9 Å². The smallest absolute Gasteiger partial charge is 0.157 e. The predicted molar refractivity (Wildman–Crippen MR) is 70.3 cm³/mol. The van der Waals surface area contributed by atoms with Crippen LogP contribution in [0.2, 0.25) is 5.15 Å². The van der Waals surface area contributed by atoms with Crippen molar-refractivity contribution in [3.05, 3.63) is 22.4 Å². The van der Waals surface area contributed by atoms with Crippen LogP contribution in [0, 0.1) is 0 Å². The number of thiophene rings is 1. The molecule has 0 saturated heterocycles. The van der Waals surface area contributed by atoms with Crippen molar-refractivity contribution in [2.45, 2.75) is 18.6 Å². The van der Waals surface area contributed by atoms with Crippen LogP contribution in [0.15, 0.2) is 12.4 Å². The van der Waals surface area contributed by atoms with Crippen molar-refractivity contribution in [2.75, 3.05) is 6.26 Å². The third-order valence-electron chi connectivity index (χ3n) is 2.79. The molecule has 0 bridgehead atoms. The van der Waals surface area contributed by atoms with E-state index in [-0.39, 0.29) is 0 Å². The molecule has 92 valence electrons. The Hall–Kier alpha value is -0.720. The molecule has 0 atom stereocenters. The largest absolute Gasteiger partial charge is 0.235 e. The lowest BCUT2D eigenvalue weighted by atomic mass is 10.1. The van der Waals surface area contributed by atoms with Crippen LogP contribution in [-0.2, 0) is 14.6 Å². The molecule has 0 amide bonds. The van der Waals surface area contributed by atoms with Gasteiger partial charge in [-0.2, -0.15) is 0 Å². The molecule has 0 N–H and O–H groups in total. The Labute approximate surface area is 109 Å². The molecule has 0 aromatic carbocycles. The molecule has 2 heterocycles. The number of halogens is 1. The van der Waals surface area contributed by atoms with Crippen molar-refractivity contribution in [3.8, 4) is 0 Å². The van der Waals surface area contributed by atoms with Gasteiger partial charge in [0.15, 0.2) is 9.84 Å². The molecule has 4 nitrogen and oxygen atoms in total. The zero-order valence-electron chi connectivity index (χ0n) is 9.56. The summed E-state index contributed by atoms with van der Waals surface area (Å²) < 4.78 is 23.3. The van der Waals surface area contributed by atoms with Crippen LogP contribution in [0.4, 0.5) is 0 Å². The molecule has 2 aromatic rings. The number of hydrogen-bond donors (Lipinski definition) is 0. The zero-order chi connectivity index (χ0) is 12.8. The third kappa shape index (κ3) is 2.05. The monoisotopic (exact) mass is 290 g/mol. The maximum Gasteiger partial charge on any atom is 0.157 e. The fourth-order valence-corrected chi connectivity index (χ4v) is 3.55. The Morgan fingerprint density at radius 1 is 1.35 bits per heavy atom. The number of sulfone groups is 1. The first kappa shape index (κ1) is 12.7. The molecule has 0 fully saturated rings. The van der Waals surface area contributed by atoms with Gasteiger partial charge in [-0.05, 0) is 19.9 Å². The van der Waals surface area contributed by atoms with Crippen LogP contribution in [0.25, 0.3) is 10.2 Å². The first-order valence-electron chi connectivity index (χ1n) is 4.83. The van der Waals surface area contributed by atoms with Crippen molar-refractivity contribution in [2.24, 2.45) is 0 Å². The van der Waals surface area contributed by atoms with E-state index in [1.54, 1.807) is 19.9 Å². The molecule has 7 heteroatoms. The Kier molecular flexibility index (Phi) is 2.92. The summed E-state index contributed by atoms with van der Waals surface area (Å²) in [5.41, 5.74) is 0.682. The highest BCUT2D eigenvalue weighted by molar-refractivity contribution is 7.91. The van der Waals surface area contributed by atoms with Crippen molar-refractivity contribution in [1.29, 1.82) is 0 Å². The summed E-state index contributed by atoms with van der Waals surface area (Å²) in [7, 11) is -3.20. The Morgan fingerprint density at radius 2 is 2.00 bits per heavy atom. The van der Waals surface area contributed by atoms with E-state index in [1.807, 2.05) is 0 Å². The molecular weight excluding hydrogens is 280 g/mol. The van der Waals surface area contributed by atoms with Crippen LogP contribution in [0.5, 0.6) is 0 Å². The Balaban J connectivity index is 2.70. The third-order valence-corrected chi connectivity index (χ3v) is 6.84.